The number of nitrogens with one attached hydrogen (secondary N) is 1. The lowest BCUT2D eigenvalue weighted by Crippen LogP contribution is -2.25. The van der Waals surface area contributed by atoms with Crippen LogP contribution in [0.2, 0.25) is 0 Å². The second-order valence-electron chi connectivity index (χ2n) is 4.18. The number of anilines is 2. The summed E-state index contributed by atoms with van der Waals surface area (Å²) >= 11 is 0. The molecule has 2 heterocycles. The van der Waals surface area contributed by atoms with Gasteiger partial charge in [-0.25, -0.2) is 9.97 Å². The van der Waals surface area contributed by atoms with Crippen molar-refractivity contribution in [2.75, 3.05) is 24.2 Å². The fourth-order valence-corrected chi connectivity index (χ4v) is 1.60. The van der Waals surface area contributed by atoms with Crippen LogP contribution in [0, 0.1) is 0 Å². The molecule has 2 aromatic heterocycles. The van der Waals surface area contributed by atoms with Gasteiger partial charge >= 0.3 is 0 Å². The largest absolute Gasteiger partial charge is 0.395 e. The first-order chi connectivity index (χ1) is 9.47. The van der Waals surface area contributed by atoms with Gasteiger partial charge in [-0.05, 0) is 0 Å². The van der Waals surface area contributed by atoms with Gasteiger partial charge < -0.3 is 26.4 Å². The number of nitrogens with zero attached hydrogens (tertiary/aromatic N) is 4. The highest BCUT2D eigenvalue weighted by Crippen LogP contribution is 2.23. The first-order valence-electron chi connectivity index (χ1n) is 6.08. The van der Waals surface area contributed by atoms with Crippen molar-refractivity contribution in [2.24, 2.45) is 0 Å². The second-order valence-corrected chi connectivity index (χ2v) is 4.18. The van der Waals surface area contributed by atoms with E-state index in [1.165, 1.54) is 6.20 Å². The maximum absolute atomic E-state index is 9.80. The summed E-state index contributed by atoms with van der Waals surface area (Å²) in [6.07, 6.45) is 1.29. The van der Waals surface area contributed by atoms with Gasteiger partial charge in [0.05, 0.1) is 12.8 Å². The van der Waals surface area contributed by atoms with E-state index in [0.29, 0.717) is 0 Å². The van der Waals surface area contributed by atoms with Crippen molar-refractivity contribution in [1.29, 1.82) is 0 Å². The maximum atomic E-state index is 9.80. The van der Waals surface area contributed by atoms with Gasteiger partial charge in [-0.15, -0.1) is 0 Å². The van der Waals surface area contributed by atoms with Crippen molar-refractivity contribution in [1.82, 2.24) is 19.9 Å². The molecule has 0 radical (unpaired) electrons. The standard InChI is InChI=1S/C11H16N6O3/c1-2-11(19,20)6-5-14-9-7(15-6)8(13-3-4-18)16-10(12)17-9/h5,18-20H,2-4H2,1H3,(H3,12,13,14,16,17). The summed E-state index contributed by atoms with van der Waals surface area (Å²) in [6, 6.07) is 0. The number of aromatic nitrogens is 4. The van der Waals surface area contributed by atoms with Crippen molar-refractivity contribution < 1.29 is 15.3 Å². The fraction of sp³-hybridized carbons (Fsp3) is 0.455. The van der Waals surface area contributed by atoms with E-state index in [-0.39, 0.29) is 48.2 Å². The van der Waals surface area contributed by atoms with Crippen LogP contribution in [0.4, 0.5) is 11.8 Å². The third kappa shape index (κ3) is 2.74. The highest BCUT2D eigenvalue weighted by Gasteiger charge is 2.26. The van der Waals surface area contributed by atoms with E-state index in [4.69, 9.17) is 10.8 Å². The van der Waals surface area contributed by atoms with E-state index in [1.807, 2.05) is 0 Å². The molecule has 9 nitrogen and oxygen atoms in total. The van der Waals surface area contributed by atoms with Crippen LogP contribution in [0.15, 0.2) is 6.20 Å². The Morgan fingerprint density at radius 1 is 1.30 bits per heavy atom. The minimum atomic E-state index is -2.07. The number of fused-ring (bicyclic) bond motifs is 1. The molecule has 9 heteroatoms. The van der Waals surface area contributed by atoms with E-state index in [1.54, 1.807) is 6.92 Å². The van der Waals surface area contributed by atoms with Crippen LogP contribution in [0.25, 0.3) is 11.2 Å². The number of nitrogens with two attached hydrogens (primary N) is 1. The molecule has 0 aliphatic carbocycles. The monoisotopic (exact) mass is 280 g/mol. The Morgan fingerprint density at radius 3 is 2.70 bits per heavy atom. The summed E-state index contributed by atoms with van der Waals surface area (Å²) in [5, 5.41) is 31.3. The molecule has 0 fully saturated rings. The van der Waals surface area contributed by atoms with Gasteiger partial charge in [-0.1, -0.05) is 6.92 Å². The number of hydrogen-bond donors (Lipinski definition) is 5. The third-order valence-electron chi connectivity index (χ3n) is 2.73. The Kier molecular flexibility index (Phi) is 3.93. The molecule has 0 aliphatic heterocycles. The Balaban J connectivity index is 2.56. The predicted octanol–water partition coefficient (Wildman–Crippen LogP) is -1.05. The number of rotatable bonds is 5. The lowest BCUT2D eigenvalue weighted by molar-refractivity contribution is -0.174. The molecule has 0 aromatic carbocycles. The molecule has 0 aliphatic rings. The van der Waals surface area contributed by atoms with Crippen LogP contribution in [0.3, 0.4) is 0 Å². The molecule has 0 bridgehead atoms. The molecule has 2 rings (SSSR count). The van der Waals surface area contributed by atoms with Gasteiger partial charge in [0.25, 0.3) is 0 Å². The van der Waals surface area contributed by atoms with Gasteiger partial charge in [-0.3, -0.25) is 0 Å². The zero-order valence-corrected chi connectivity index (χ0v) is 10.9. The van der Waals surface area contributed by atoms with Gasteiger partial charge in [0, 0.05) is 13.0 Å². The number of hydrogen-bond acceptors (Lipinski definition) is 9. The lowest BCUT2D eigenvalue weighted by Gasteiger charge is -2.19. The van der Waals surface area contributed by atoms with Gasteiger partial charge in [-0.2, -0.15) is 9.97 Å². The van der Waals surface area contributed by atoms with Crippen LogP contribution < -0.4 is 11.1 Å². The van der Waals surface area contributed by atoms with Crippen molar-refractivity contribution in [2.45, 2.75) is 19.1 Å². The van der Waals surface area contributed by atoms with Crippen molar-refractivity contribution in [3.8, 4) is 0 Å². The summed E-state index contributed by atoms with van der Waals surface area (Å²) in [5.74, 6) is -1.78. The van der Waals surface area contributed by atoms with Gasteiger partial charge in [0.15, 0.2) is 17.0 Å². The molecule has 0 unspecified atom stereocenters. The highest BCUT2D eigenvalue weighted by atomic mass is 16.5. The average molecular weight is 280 g/mol. The fourth-order valence-electron chi connectivity index (χ4n) is 1.60. The first kappa shape index (κ1) is 14.3. The van der Waals surface area contributed by atoms with E-state index in [0.717, 1.165) is 0 Å². The van der Waals surface area contributed by atoms with Crippen LogP contribution in [0.5, 0.6) is 0 Å². The van der Waals surface area contributed by atoms with Crippen molar-refractivity contribution in [3.05, 3.63) is 11.9 Å². The Hall–Kier alpha value is -2.10. The van der Waals surface area contributed by atoms with Gasteiger partial charge in [0.2, 0.25) is 11.7 Å². The Bertz CT molecular complexity index is 618. The van der Waals surface area contributed by atoms with Crippen LogP contribution in [-0.2, 0) is 5.79 Å². The lowest BCUT2D eigenvalue weighted by atomic mass is 10.1. The molecule has 6 N–H and O–H groups in total. The van der Waals surface area contributed by atoms with Crippen molar-refractivity contribution >= 4 is 22.9 Å². The minimum Gasteiger partial charge on any atom is -0.395 e. The minimum absolute atomic E-state index is 0.00656. The van der Waals surface area contributed by atoms with Crippen LogP contribution in [0.1, 0.15) is 19.0 Å². The van der Waals surface area contributed by atoms with Crippen LogP contribution in [-0.4, -0.2) is 48.4 Å². The highest BCUT2D eigenvalue weighted by molar-refractivity contribution is 5.83. The average Bonchev–Trinajstić information content (AvgIpc) is 2.44. The predicted molar refractivity (Wildman–Crippen MR) is 71.5 cm³/mol. The quantitative estimate of drug-likeness (QED) is 0.432. The molecule has 20 heavy (non-hydrogen) atoms. The number of aliphatic hydroxyl groups is 3. The summed E-state index contributed by atoms with van der Waals surface area (Å²) in [5.41, 5.74) is 6.03. The normalized spacial score (nSPS) is 11.8. The molecular formula is C11H16N6O3. The Labute approximate surface area is 114 Å². The van der Waals surface area contributed by atoms with E-state index < -0.39 is 5.79 Å². The summed E-state index contributed by atoms with van der Waals surface area (Å²) < 4.78 is 0. The summed E-state index contributed by atoms with van der Waals surface area (Å²) in [4.78, 5) is 16.0. The molecule has 108 valence electrons. The molecule has 0 saturated carbocycles. The molecule has 0 saturated heterocycles. The SMILES string of the molecule is CCC(O)(O)c1cnc2nc(N)nc(NCCO)c2n1. The zero-order chi connectivity index (χ0) is 14.8. The molecular weight excluding hydrogens is 264 g/mol. The molecule has 0 atom stereocenters. The summed E-state index contributed by atoms with van der Waals surface area (Å²) in [6.45, 7) is 1.75. The number of aliphatic hydroxyl groups excluding tert-OH is 1. The molecule has 0 amide bonds. The summed E-state index contributed by atoms with van der Waals surface area (Å²) in [7, 11) is 0. The second kappa shape index (κ2) is 5.49. The third-order valence-corrected chi connectivity index (χ3v) is 2.73. The van der Waals surface area contributed by atoms with Crippen molar-refractivity contribution in [3.63, 3.8) is 0 Å². The van der Waals surface area contributed by atoms with E-state index >= 15 is 0 Å². The van der Waals surface area contributed by atoms with Gasteiger partial charge in [0.1, 0.15) is 5.69 Å². The van der Waals surface area contributed by atoms with E-state index in [9.17, 15) is 10.2 Å². The maximum Gasteiger partial charge on any atom is 0.224 e. The van der Waals surface area contributed by atoms with Crippen LogP contribution >= 0.6 is 0 Å². The topological polar surface area (TPSA) is 150 Å². The van der Waals surface area contributed by atoms with E-state index in [2.05, 4.69) is 25.3 Å². The molecule has 0 spiro atoms. The first-order valence-corrected chi connectivity index (χ1v) is 6.08. The zero-order valence-electron chi connectivity index (χ0n) is 10.9. The smallest absolute Gasteiger partial charge is 0.224 e. The Morgan fingerprint density at radius 2 is 2.05 bits per heavy atom. The number of nitrogen functional groups attached to an aromatic ring is 1. The molecule has 2 aromatic rings.